The van der Waals surface area contributed by atoms with Crippen LogP contribution in [-0.4, -0.2) is 26.0 Å². The molecule has 1 N–H and O–H groups in total. The number of aromatic nitrogens is 3. The highest BCUT2D eigenvalue weighted by molar-refractivity contribution is 7.98. The van der Waals surface area contributed by atoms with Gasteiger partial charge in [-0.15, -0.1) is 0 Å². The third kappa shape index (κ3) is 3.27. The highest BCUT2D eigenvalue weighted by Crippen LogP contribution is 2.18. The molecule has 2 aromatic heterocycles. The maximum atomic E-state index is 10.8. The van der Waals surface area contributed by atoms with Crippen LogP contribution in [0.4, 0.5) is 0 Å². The quantitative estimate of drug-likeness (QED) is 0.671. The maximum Gasteiger partial charge on any atom is 0.354 e. The lowest BCUT2D eigenvalue weighted by molar-refractivity contribution is 0.0690. The van der Waals surface area contributed by atoms with Crippen molar-refractivity contribution < 1.29 is 9.90 Å². The van der Waals surface area contributed by atoms with Crippen LogP contribution < -0.4 is 0 Å². The molecule has 0 fully saturated rings. The Labute approximate surface area is 108 Å². The molecule has 6 heteroatoms. The summed E-state index contributed by atoms with van der Waals surface area (Å²) < 4.78 is 0. The van der Waals surface area contributed by atoms with Crippen LogP contribution in [0.5, 0.6) is 0 Å². The first-order valence-corrected chi connectivity index (χ1v) is 6.23. The van der Waals surface area contributed by atoms with E-state index in [0.29, 0.717) is 10.9 Å². The second-order valence-corrected chi connectivity index (χ2v) is 4.63. The first-order valence-electron chi connectivity index (χ1n) is 5.25. The fourth-order valence-corrected chi connectivity index (χ4v) is 2.01. The number of carbonyl (C=O) groups is 1. The zero-order valence-electron chi connectivity index (χ0n) is 9.70. The second kappa shape index (κ2) is 5.59. The van der Waals surface area contributed by atoms with Gasteiger partial charge in [-0.1, -0.05) is 11.8 Å². The van der Waals surface area contributed by atoms with Crippen LogP contribution in [0.25, 0.3) is 0 Å². The largest absolute Gasteiger partial charge is 0.477 e. The Morgan fingerprint density at radius 1 is 1.33 bits per heavy atom. The molecular weight excluding hydrogens is 250 g/mol. The van der Waals surface area contributed by atoms with Crippen LogP contribution in [0.3, 0.4) is 0 Å². The standard InChI is InChI=1S/C12H11N3O2S/c1-8-5-14-12(15-6-8)18-7-9-2-3-13-10(4-9)11(16)17/h2-6H,7H2,1H3,(H,16,17). The van der Waals surface area contributed by atoms with E-state index in [1.54, 1.807) is 24.5 Å². The van der Waals surface area contributed by atoms with Gasteiger partial charge < -0.3 is 5.11 Å². The summed E-state index contributed by atoms with van der Waals surface area (Å²) in [6.07, 6.45) is 5.00. The number of rotatable bonds is 4. The minimum atomic E-state index is -1.02. The molecule has 2 aromatic rings. The molecule has 0 bridgehead atoms. The first-order chi connectivity index (χ1) is 8.65. The molecule has 0 aliphatic carbocycles. The van der Waals surface area contributed by atoms with Crippen molar-refractivity contribution in [3.05, 3.63) is 47.5 Å². The smallest absolute Gasteiger partial charge is 0.354 e. The van der Waals surface area contributed by atoms with Gasteiger partial charge in [-0.25, -0.2) is 19.7 Å². The molecule has 0 amide bonds. The summed E-state index contributed by atoms with van der Waals surface area (Å²) in [6.45, 7) is 1.93. The maximum absolute atomic E-state index is 10.8. The summed E-state index contributed by atoms with van der Waals surface area (Å²) in [4.78, 5) is 22.9. The van der Waals surface area contributed by atoms with Gasteiger partial charge in [-0.2, -0.15) is 0 Å². The fraction of sp³-hybridized carbons (Fsp3) is 0.167. The van der Waals surface area contributed by atoms with E-state index in [1.165, 1.54) is 18.0 Å². The molecule has 0 saturated heterocycles. The zero-order valence-corrected chi connectivity index (χ0v) is 10.5. The summed E-state index contributed by atoms with van der Waals surface area (Å²) in [5.74, 6) is -0.403. The monoisotopic (exact) mass is 261 g/mol. The highest BCUT2D eigenvalue weighted by atomic mass is 32.2. The summed E-state index contributed by atoms with van der Waals surface area (Å²) in [6, 6.07) is 3.34. The predicted molar refractivity (Wildman–Crippen MR) is 67.5 cm³/mol. The van der Waals surface area contributed by atoms with Gasteiger partial charge in [-0.3, -0.25) is 0 Å². The summed E-state index contributed by atoms with van der Waals surface area (Å²) in [5.41, 5.74) is 1.95. The number of hydrogen-bond donors (Lipinski definition) is 1. The summed E-state index contributed by atoms with van der Waals surface area (Å²) in [7, 11) is 0. The number of nitrogens with zero attached hydrogens (tertiary/aromatic N) is 3. The zero-order chi connectivity index (χ0) is 13.0. The van der Waals surface area contributed by atoms with Crippen molar-refractivity contribution in [2.24, 2.45) is 0 Å². The molecule has 0 aliphatic rings. The molecule has 0 unspecified atom stereocenters. The van der Waals surface area contributed by atoms with E-state index in [0.717, 1.165) is 11.1 Å². The molecule has 18 heavy (non-hydrogen) atoms. The molecule has 0 aromatic carbocycles. The van der Waals surface area contributed by atoms with Crippen molar-refractivity contribution in [3.8, 4) is 0 Å². The molecule has 0 aliphatic heterocycles. The van der Waals surface area contributed by atoms with Crippen LogP contribution in [0.15, 0.2) is 35.9 Å². The van der Waals surface area contributed by atoms with Gasteiger partial charge in [0.05, 0.1) is 0 Å². The average Bonchev–Trinajstić information content (AvgIpc) is 2.38. The van der Waals surface area contributed by atoms with Crippen molar-refractivity contribution >= 4 is 17.7 Å². The van der Waals surface area contributed by atoms with E-state index in [4.69, 9.17) is 5.11 Å². The number of hydrogen-bond acceptors (Lipinski definition) is 5. The van der Waals surface area contributed by atoms with E-state index in [1.807, 2.05) is 6.92 Å². The molecule has 0 saturated carbocycles. The predicted octanol–water partition coefficient (Wildman–Crippen LogP) is 2.17. The Kier molecular flexibility index (Phi) is 3.88. The van der Waals surface area contributed by atoms with Gasteiger partial charge in [0.25, 0.3) is 0 Å². The number of carboxylic acids is 1. The molecule has 2 heterocycles. The molecule has 0 radical (unpaired) electrons. The minimum Gasteiger partial charge on any atom is -0.477 e. The summed E-state index contributed by atoms with van der Waals surface area (Å²) >= 11 is 1.46. The Morgan fingerprint density at radius 2 is 2.06 bits per heavy atom. The van der Waals surface area contributed by atoms with Crippen molar-refractivity contribution in [3.63, 3.8) is 0 Å². The Morgan fingerprint density at radius 3 is 2.72 bits per heavy atom. The van der Waals surface area contributed by atoms with Crippen molar-refractivity contribution in [1.82, 2.24) is 15.0 Å². The van der Waals surface area contributed by atoms with E-state index in [-0.39, 0.29) is 5.69 Å². The van der Waals surface area contributed by atoms with Crippen molar-refractivity contribution in [2.75, 3.05) is 0 Å². The van der Waals surface area contributed by atoms with Crippen LogP contribution in [0.1, 0.15) is 21.6 Å². The van der Waals surface area contributed by atoms with Gasteiger partial charge in [0.1, 0.15) is 5.69 Å². The third-order valence-corrected chi connectivity index (χ3v) is 3.12. The minimum absolute atomic E-state index is 0.0536. The van der Waals surface area contributed by atoms with Gasteiger partial charge in [0.15, 0.2) is 5.16 Å². The number of thioether (sulfide) groups is 1. The van der Waals surface area contributed by atoms with Crippen LogP contribution >= 0.6 is 11.8 Å². The lowest BCUT2D eigenvalue weighted by Gasteiger charge is -2.01. The highest BCUT2D eigenvalue weighted by Gasteiger charge is 2.05. The Balaban J connectivity index is 2.04. The number of pyridine rings is 1. The normalized spacial score (nSPS) is 10.3. The van der Waals surface area contributed by atoms with Crippen molar-refractivity contribution in [1.29, 1.82) is 0 Å². The molecule has 0 spiro atoms. The molecule has 0 atom stereocenters. The average molecular weight is 261 g/mol. The third-order valence-electron chi connectivity index (χ3n) is 2.17. The number of aryl methyl sites for hydroxylation is 1. The second-order valence-electron chi connectivity index (χ2n) is 3.69. The van der Waals surface area contributed by atoms with Crippen LogP contribution in [0.2, 0.25) is 0 Å². The summed E-state index contributed by atoms with van der Waals surface area (Å²) in [5, 5.41) is 9.51. The fourth-order valence-electron chi connectivity index (χ4n) is 1.28. The lowest BCUT2D eigenvalue weighted by Crippen LogP contribution is -2.00. The van der Waals surface area contributed by atoms with Gasteiger partial charge in [0, 0.05) is 24.3 Å². The van der Waals surface area contributed by atoms with Gasteiger partial charge >= 0.3 is 5.97 Å². The van der Waals surface area contributed by atoms with Gasteiger partial charge in [-0.05, 0) is 30.2 Å². The Hall–Kier alpha value is -1.95. The molecular formula is C12H11N3O2S. The first kappa shape index (κ1) is 12.5. The van der Waals surface area contributed by atoms with E-state index < -0.39 is 5.97 Å². The van der Waals surface area contributed by atoms with Crippen LogP contribution in [-0.2, 0) is 5.75 Å². The molecule has 5 nitrogen and oxygen atoms in total. The van der Waals surface area contributed by atoms with Crippen molar-refractivity contribution in [2.45, 2.75) is 17.8 Å². The van der Waals surface area contributed by atoms with Crippen LogP contribution in [0, 0.1) is 6.92 Å². The molecule has 92 valence electrons. The van der Waals surface area contributed by atoms with E-state index in [9.17, 15) is 4.79 Å². The molecule has 2 rings (SSSR count). The van der Waals surface area contributed by atoms with E-state index >= 15 is 0 Å². The number of carboxylic acid groups (broad SMARTS) is 1. The Bertz CT molecular complexity index is 558. The lowest BCUT2D eigenvalue weighted by atomic mass is 10.2. The van der Waals surface area contributed by atoms with E-state index in [2.05, 4.69) is 15.0 Å². The number of aromatic carboxylic acids is 1. The SMILES string of the molecule is Cc1cnc(SCc2ccnc(C(=O)O)c2)nc1. The topological polar surface area (TPSA) is 76.0 Å². The van der Waals surface area contributed by atoms with Gasteiger partial charge in [0.2, 0.25) is 0 Å².